The summed E-state index contributed by atoms with van der Waals surface area (Å²) in [6, 6.07) is 0. The molecular formula is C9H11BrN8. The van der Waals surface area contributed by atoms with E-state index in [4.69, 9.17) is 5.84 Å². The molecule has 1 aliphatic heterocycles. The highest BCUT2D eigenvalue weighted by molar-refractivity contribution is 9.10. The van der Waals surface area contributed by atoms with Crippen molar-refractivity contribution < 1.29 is 0 Å². The highest BCUT2D eigenvalue weighted by Gasteiger charge is 2.21. The summed E-state index contributed by atoms with van der Waals surface area (Å²) >= 11 is 3.45. The maximum atomic E-state index is 5.32. The van der Waals surface area contributed by atoms with Crippen LogP contribution in [0.5, 0.6) is 0 Å². The van der Waals surface area contributed by atoms with Gasteiger partial charge in [0.2, 0.25) is 5.95 Å². The van der Waals surface area contributed by atoms with Crippen LogP contribution in [-0.4, -0.2) is 31.3 Å². The third-order valence-corrected chi connectivity index (χ3v) is 3.35. The number of rotatable bonds is 2. The van der Waals surface area contributed by atoms with Crippen LogP contribution in [0.15, 0.2) is 17.0 Å². The molecule has 0 radical (unpaired) electrons. The molecule has 0 saturated carbocycles. The van der Waals surface area contributed by atoms with Crippen molar-refractivity contribution in [1.29, 1.82) is 0 Å². The Kier molecular flexibility index (Phi) is 2.84. The van der Waals surface area contributed by atoms with Crippen LogP contribution in [0.2, 0.25) is 0 Å². The van der Waals surface area contributed by atoms with Crippen LogP contribution in [0, 0.1) is 0 Å². The molecule has 94 valence electrons. The van der Waals surface area contributed by atoms with E-state index in [1.807, 2.05) is 4.57 Å². The molecule has 3 rings (SSSR count). The molecule has 3 N–H and O–H groups in total. The number of nitrogens with two attached hydrogens (primary N) is 1. The lowest BCUT2D eigenvalue weighted by Crippen LogP contribution is -2.34. The molecule has 0 aliphatic carbocycles. The minimum absolute atomic E-state index is 0.389. The predicted molar refractivity (Wildman–Crippen MR) is 68.6 cm³/mol. The minimum atomic E-state index is 0.389. The number of aromatic nitrogens is 5. The second-order valence-corrected chi connectivity index (χ2v) is 4.73. The first-order valence-electron chi connectivity index (χ1n) is 5.38. The van der Waals surface area contributed by atoms with Crippen LogP contribution >= 0.6 is 15.9 Å². The number of fused-ring (bicyclic) bond motifs is 1. The van der Waals surface area contributed by atoms with Crippen molar-refractivity contribution in [3.63, 3.8) is 0 Å². The van der Waals surface area contributed by atoms with Crippen molar-refractivity contribution >= 4 is 27.7 Å². The Bertz CT molecular complexity index is 567. The van der Waals surface area contributed by atoms with Gasteiger partial charge in [-0.1, -0.05) is 0 Å². The molecule has 0 saturated heterocycles. The van der Waals surface area contributed by atoms with E-state index in [9.17, 15) is 0 Å². The second kappa shape index (κ2) is 4.50. The molecule has 2 aromatic heterocycles. The monoisotopic (exact) mass is 310 g/mol. The van der Waals surface area contributed by atoms with Gasteiger partial charge < -0.3 is 9.47 Å². The first-order chi connectivity index (χ1) is 8.78. The number of hydrogen-bond acceptors (Lipinski definition) is 7. The number of halogens is 1. The predicted octanol–water partition coefficient (Wildman–Crippen LogP) is 0.136. The summed E-state index contributed by atoms with van der Waals surface area (Å²) < 4.78 is 2.86. The van der Waals surface area contributed by atoms with Crippen LogP contribution in [-0.2, 0) is 13.1 Å². The molecule has 2 aromatic rings. The maximum absolute atomic E-state index is 5.32. The summed E-state index contributed by atoms with van der Waals surface area (Å²) in [6.45, 7) is 2.34. The molecular weight excluding hydrogens is 300 g/mol. The standard InChI is InChI=1S/C9H11BrN8/c10-6-3-12-9(15-11)14-8(6)17-1-2-18-5-13-16-7(18)4-17/h3,5H,1-2,4,11H2,(H,12,14,15). The van der Waals surface area contributed by atoms with E-state index in [-0.39, 0.29) is 0 Å². The van der Waals surface area contributed by atoms with E-state index in [0.29, 0.717) is 12.5 Å². The van der Waals surface area contributed by atoms with Crippen molar-refractivity contribution in [3.8, 4) is 0 Å². The fraction of sp³-hybridized carbons (Fsp3) is 0.333. The average Bonchev–Trinajstić information content (AvgIpc) is 2.86. The summed E-state index contributed by atoms with van der Waals surface area (Å²) in [5, 5.41) is 7.97. The van der Waals surface area contributed by atoms with Crippen LogP contribution in [0.25, 0.3) is 0 Å². The molecule has 9 heteroatoms. The summed E-state index contributed by atoms with van der Waals surface area (Å²) in [6.07, 6.45) is 3.42. The maximum Gasteiger partial charge on any atom is 0.239 e. The summed E-state index contributed by atoms with van der Waals surface area (Å²) in [4.78, 5) is 10.5. The van der Waals surface area contributed by atoms with E-state index >= 15 is 0 Å². The number of nitrogens with zero attached hydrogens (tertiary/aromatic N) is 6. The largest absolute Gasteiger partial charge is 0.346 e. The molecule has 0 amide bonds. The van der Waals surface area contributed by atoms with E-state index in [0.717, 1.165) is 29.2 Å². The topological polar surface area (TPSA) is 97.8 Å². The Morgan fingerprint density at radius 2 is 2.28 bits per heavy atom. The number of hydrazine groups is 1. The van der Waals surface area contributed by atoms with Gasteiger partial charge in [0, 0.05) is 19.3 Å². The van der Waals surface area contributed by atoms with Gasteiger partial charge in [-0.05, 0) is 15.9 Å². The van der Waals surface area contributed by atoms with E-state index < -0.39 is 0 Å². The van der Waals surface area contributed by atoms with Crippen LogP contribution in [0.3, 0.4) is 0 Å². The fourth-order valence-electron chi connectivity index (χ4n) is 1.90. The van der Waals surface area contributed by atoms with Crippen molar-refractivity contribution in [2.24, 2.45) is 5.84 Å². The van der Waals surface area contributed by atoms with E-state index in [1.165, 1.54) is 0 Å². The normalized spacial score (nSPS) is 14.4. The lowest BCUT2D eigenvalue weighted by molar-refractivity contribution is 0.555. The summed E-state index contributed by atoms with van der Waals surface area (Å²) in [7, 11) is 0. The van der Waals surface area contributed by atoms with Gasteiger partial charge in [-0.15, -0.1) is 10.2 Å². The molecule has 0 aromatic carbocycles. The third kappa shape index (κ3) is 1.91. The Hall–Kier alpha value is -1.74. The van der Waals surface area contributed by atoms with Crippen molar-refractivity contribution in [2.75, 3.05) is 16.9 Å². The van der Waals surface area contributed by atoms with E-state index in [1.54, 1.807) is 12.5 Å². The lowest BCUT2D eigenvalue weighted by Gasteiger charge is -2.28. The van der Waals surface area contributed by atoms with Gasteiger partial charge in [0.05, 0.1) is 11.0 Å². The summed E-state index contributed by atoms with van der Waals surface area (Å²) in [5.74, 6) is 7.44. The number of nitrogen functional groups attached to an aromatic ring is 1. The van der Waals surface area contributed by atoms with Crippen LogP contribution in [0.4, 0.5) is 11.8 Å². The first kappa shape index (κ1) is 11.4. The van der Waals surface area contributed by atoms with Gasteiger partial charge >= 0.3 is 0 Å². The molecule has 0 atom stereocenters. The van der Waals surface area contributed by atoms with Gasteiger partial charge in [0.15, 0.2) is 5.82 Å². The van der Waals surface area contributed by atoms with Gasteiger partial charge in [0.25, 0.3) is 0 Å². The number of nitrogens with one attached hydrogen (secondary N) is 1. The molecule has 3 heterocycles. The molecule has 0 unspecified atom stereocenters. The Labute approximate surface area is 111 Å². The average molecular weight is 311 g/mol. The number of anilines is 2. The van der Waals surface area contributed by atoms with Gasteiger partial charge in [0.1, 0.15) is 12.1 Å². The third-order valence-electron chi connectivity index (χ3n) is 2.79. The van der Waals surface area contributed by atoms with Crippen molar-refractivity contribution in [1.82, 2.24) is 24.7 Å². The molecule has 0 bridgehead atoms. The zero-order valence-electron chi connectivity index (χ0n) is 9.41. The first-order valence-corrected chi connectivity index (χ1v) is 6.18. The second-order valence-electron chi connectivity index (χ2n) is 3.87. The highest BCUT2D eigenvalue weighted by Crippen LogP contribution is 2.26. The Morgan fingerprint density at radius 3 is 3.11 bits per heavy atom. The zero-order chi connectivity index (χ0) is 12.5. The molecule has 1 aliphatic rings. The van der Waals surface area contributed by atoms with Gasteiger partial charge in [-0.25, -0.2) is 10.8 Å². The smallest absolute Gasteiger partial charge is 0.239 e. The molecule has 0 fully saturated rings. The summed E-state index contributed by atoms with van der Waals surface area (Å²) in [5.41, 5.74) is 2.44. The van der Waals surface area contributed by atoms with Gasteiger partial charge in [-0.2, -0.15) is 4.98 Å². The lowest BCUT2D eigenvalue weighted by atomic mass is 10.3. The number of hydrogen-bond donors (Lipinski definition) is 2. The quantitative estimate of drug-likeness (QED) is 0.601. The molecule has 18 heavy (non-hydrogen) atoms. The Morgan fingerprint density at radius 1 is 1.39 bits per heavy atom. The molecule has 0 spiro atoms. The zero-order valence-corrected chi connectivity index (χ0v) is 11.0. The molecule has 8 nitrogen and oxygen atoms in total. The SMILES string of the molecule is NNc1ncc(Br)c(N2CCn3cnnc3C2)n1. The Balaban J connectivity index is 1.92. The highest BCUT2D eigenvalue weighted by atomic mass is 79.9. The van der Waals surface area contributed by atoms with Crippen LogP contribution < -0.4 is 16.2 Å². The minimum Gasteiger partial charge on any atom is -0.346 e. The van der Waals surface area contributed by atoms with Gasteiger partial charge in [-0.3, -0.25) is 5.43 Å². The van der Waals surface area contributed by atoms with Crippen molar-refractivity contribution in [2.45, 2.75) is 13.1 Å². The van der Waals surface area contributed by atoms with E-state index in [2.05, 4.69) is 46.4 Å². The fourth-order valence-corrected chi connectivity index (χ4v) is 2.34. The van der Waals surface area contributed by atoms with Crippen molar-refractivity contribution in [3.05, 3.63) is 22.8 Å². The van der Waals surface area contributed by atoms with Crippen LogP contribution in [0.1, 0.15) is 5.82 Å².